The van der Waals surface area contributed by atoms with Crippen molar-refractivity contribution in [1.29, 1.82) is 0 Å². The number of hydrogen-bond donors (Lipinski definition) is 0. The molecule has 2 unspecified atom stereocenters. The minimum atomic E-state index is -0.485. The van der Waals surface area contributed by atoms with E-state index in [-0.39, 0.29) is 18.0 Å². The molecule has 1 saturated carbocycles. The highest BCUT2D eigenvalue weighted by atomic mass is 79.9. The van der Waals surface area contributed by atoms with Gasteiger partial charge in [-0.05, 0) is 42.9 Å². The maximum Gasteiger partial charge on any atom is 0.336 e. The summed E-state index contributed by atoms with van der Waals surface area (Å²) < 4.78 is 17.5. The zero-order valence-corrected chi connectivity index (χ0v) is 20.7. The Bertz CT molecular complexity index is 1010. The van der Waals surface area contributed by atoms with Gasteiger partial charge in [0.25, 0.3) is 0 Å². The van der Waals surface area contributed by atoms with Crippen LogP contribution >= 0.6 is 15.9 Å². The maximum absolute atomic E-state index is 13.4. The number of benzene rings is 1. The first kappa shape index (κ1) is 23.0. The fraction of sp³-hybridized carbons (Fsp3) is 0.560. The number of ketones is 1. The average molecular weight is 504 g/mol. The van der Waals surface area contributed by atoms with Gasteiger partial charge in [0, 0.05) is 28.2 Å². The molecule has 1 fully saturated rings. The van der Waals surface area contributed by atoms with Crippen molar-refractivity contribution in [3.63, 3.8) is 0 Å². The van der Waals surface area contributed by atoms with Crippen LogP contribution < -0.4 is 9.47 Å². The summed E-state index contributed by atoms with van der Waals surface area (Å²) in [6.45, 7) is 8.64. The summed E-state index contributed by atoms with van der Waals surface area (Å²) in [5.41, 5.74) is 2.60. The standard InChI is InChI=1S/C25H30BrNO5/c1-5-6-7-8-30-24(29)21-14(2)27-17-11-25(3,4)12-18(28)23(17)22(21)15-9-19-20(10-16(15)26)32-13-31-19/h9-10,22-23H,5-8,11-13H2,1-4H3. The van der Waals surface area contributed by atoms with Crippen molar-refractivity contribution in [3.8, 4) is 11.5 Å². The van der Waals surface area contributed by atoms with Crippen molar-refractivity contribution in [2.24, 2.45) is 16.3 Å². The minimum absolute atomic E-state index is 0.110. The Morgan fingerprint density at radius 2 is 1.91 bits per heavy atom. The highest BCUT2D eigenvalue weighted by molar-refractivity contribution is 9.10. The number of ether oxygens (including phenoxy) is 3. The van der Waals surface area contributed by atoms with Crippen molar-refractivity contribution in [2.75, 3.05) is 13.4 Å². The van der Waals surface area contributed by atoms with E-state index < -0.39 is 17.8 Å². The van der Waals surface area contributed by atoms with Crippen LogP contribution in [0, 0.1) is 11.3 Å². The Hall–Kier alpha value is -2.15. The lowest BCUT2D eigenvalue weighted by Crippen LogP contribution is -2.44. The van der Waals surface area contributed by atoms with Gasteiger partial charge in [-0.2, -0.15) is 0 Å². The van der Waals surface area contributed by atoms with Crippen LogP contribution in [0.25, 0.3) is 0 Å². The number of aliphatic imine (C=N–C) groups is 1. The average Bonchev–Trinajstić information content (AvgIpc) is 3.15. The van der Waals surface area contributed by atoms with E-state index >= 15 is 0 Å². The van der Waals surface area contributed by atoms with Crippen LogP contribution in [0.5, 0.6) is 11.5 Å². The number of Topliss-reactive ketones (excluding diaryl/α,β-unsaturated/α-hetero) is 1. The first-order valence-electron chi connectivity index (χ1n) is 11.3. The molecule has 1 aliphatic carbocycles. The second kappa shape index (κ2) is 9.00. The molecule has 4 rings (SSSR count). The summed E-state index contributed by atoms with van der Waals surface area (Å²) in [5.74, 6) is 0.0113. The van der Waals surface area contributed by atoms with Crippen molar-refractivity contribution >= 4 is 33.4 Å². The van der Waals surface area contributed by atoms with Gasteiger partial charge >= 0.3 is 5.97 Å². The van der Waals surface area contributed by atoms with Crippen LogP contribution in [0.3, 0.4) is 0 Å². The molecule has 0 amide bonds. The number of halogens is 1. The van der Waals surface area contributed by atoms with E-state index in [0.717, 1.165) is 41.4 Å². The van der Waals surface area contributed by atoms with E-state index in [1.807, 2.05) is 19.1 Å². The van der Waals surface area contributed by atoms with Gasteiger partial charge in [-0.1, -0.05) is 49.5 Å². The molecule has 2 heterocycles. The molecule has 172 valence electrons. The van der Waals surface area contributed by atoms with E-state index in [1.165, 1.54) is 0 Å². The largest absolute Gasteiger partial charge is 0.462 e. The summed E-state index contributed by atoms with van der Waals surface area (Å²) in [5, 5.41) is 0. The van der Waals surface area contributed by atoms with Gasteiger partial charge < -0.3 is 14.2 Å². The molecule has 2 atom stereocenters. The van der Waals surface area contributed by atoms with E-state index in [1.54, 1.807) is 0 Å². The lowest BCUT2D eigenvalue weighted by molar-refractivity contribution is -0.139. The second-order valence-corrected chi connectivity index (χ2v) is 10.5. The molecule has 0 N–H and O–H groups in total. The van der Waals surface area contributed by atoms with Crippen LogP contribution in [0.15, 0.2) is 32.9 Å². The summed E-state index contributed by atoms with van der Waals surface area (Å²) in [4.78, 5) is 31.5. The fourth-order valence-corrected chi connectivity index (χ4v) is 5.53. The first-order valence-corrected chi connectivity index (χ1v) is 12.1. The highest BCUT2D eigenvalue weighted by Crippen LogP contribution is 2.50. The lowest BCUT2D eigenvalue weighted by atomic mass is 9.63. The first-order chi connectivity index (χ1) is 15.2. The van der Waals surface area contributed by atoms with Gasteiger partial charge in [-0.15, -0.1) is 0 Å². The smallest absolute Gasteiger partial charge is 0.336 e. The summed E-state index contributed by atoms with van der Waals surface area (Å²) in [6.07, 6.45) is 4.04. The number of esters is 1. The fourth-order valence-electron chi connectivity index (χ4n) is 4.96. The third-order valence-corrected chi connectivity index (χ3v) is 7.08. The van der Waals surface area contributed by atoms with Crippen LogP contribution in [0.4, 0.5) is 0 Å². The van der Waals surface area contributed by atoms with Gasteiger partial charge in [-0.25, -0.2) is 4.79 Å². The number of allylic oxidation sites excluding steroid dienone is 1. The Morgan fingerprint density at radius 3 is 2.62 bits per heavy atom. The molecule has 0 spiro atoms. The molecule has 7 heteroatoms. The maximum atomic E-state index is 13.4. The Morgan fingerprint density at radius 1 is 1.19 bits per heavy atom. The second-order valence-electron chi connectivity index (χ2n) is 9.61. The summed E-state index contributed by atoms with van der Waals surface area (Å²) >= 11 is 3.65. The van der Waals surface area contributed by atoms with Gasteiger partial charge in [0.1, 0.15) is 5.78 Å². The van der Waals surface area contributed by atoms with Gasteiger partial charge in [0.05, 0.1) is 18.1 Å². The highest BCUT2D eigenvalue weighted by Gasteiger charge is 2.48. The van der Waals surface area contributed by atoms with Gasteiger partial charge in [-0.3, -0.25) is 9.79 Å². The van der Waals surface area contributed by atoms with Crippen LogP contribution in [-0.4, -0.2) is 30.9 Å². The molecule has 6 nitrogen and oxygen atoms in total. The minimum Gasteiger partial charge on any atom is -0.462 e. The number of carbonyl (C=O) groups excluding carboxylic acids is 2. The SMILES string of the molecule is CCCCCOC(=O)C1=C(C)N=C2CC(C)(C)CC(=O)C2C1c1cc2c(cc1Br)OCO2. The van der Waals surface area contributed by atoms with Crippen LogP contribution in [0.2, 0.25) is 0 Å². The Kier molecular flexibility index (Phi) is 6.48. The zero-order chi connectivity index (χ0) is 23.0. The molecule has 2 aliphatic heterocycles. The molecular formula is C25H30BrNO5. The molecule has 0 aromatic heterocycles. The van der Waals surface area contributed by atoms with Crippen molar-refractivity contribution < 1.29 is 23.8 Å². The quantitative estimate of drug-likeness (QED) is 0.366. The molecule has 0 bridgehead atoms. The Balaban J connectivity index is 1.79. The van der Waals surface area contributed by atoms with E-state index in [0.29, 0.717) is 35.8 Å². The lowest BCUT2D eigenvalue weighted by Gasteiger charge is -2.41. The third kappa shape index (κ3) is 4.36. The normalized spacial score (nSPS) is 23.7. The van der Waals surface area contributed by atoms with E-state index in [2.05, 4.69) is 36.7 Å². The van der Waals surface area contributed by atoms with Gasteiger partial charge in [0.15, 0.2) is 11.5 Å². The number of rotatable bonds is 6. The van der Waals surface area contributed by atoms with Crippen molar-refractivity contribution in [1.82, 2.24) is 0 Å². The predicted octanol–water partition coefficient (Wildman–Crippen LogP) is 5.73. The molecule has 1 aromatic carbocycles. The van der Waals surface area contributed by atoms with Crippen LogP contribution in [-0.2, 0) is 14.3 Å². The Labute approximate surface area is 197 Å². The van der Waals surface area contributed by atoms with Crippen LogP contribution in [0.1, 0.15) is 71.3 Å². The molecule has 3 aliphatic rings. The number of nitrogens with zero attached hydrogens (tertiary/aromatic N) is 1. The van der Waals surface area contributed by atoms with E-state index in [9.17, 15) is 9.59 Å². The molecule has 32 heavy (non-hydrogen) atoms. The number of unbranched alkanes of at least 4 members (excludes halogenated alkanes) is 2. The molecular weight excluding hydrogens is 474 g/mol. The molecule has 0 radical (unpaired) electrons. The number of hydrogen-bond acceptors (Lipinski definition) is 6. The molecule has 0 saturated heterocycles. The van der Waals surface area contributed by atoms with Crippen molar-refractivity contribution in [2.45, 2.75) is 65.7 Å². The summed E-state index contributed by atoms with van der Waals surface area (Å²) in [6, 6.07) is 3.73. The number of fused-ring (bicyclic) bond motifs is 2. The molecule has 1 aromatic rings. The summed E-state index contributed by atoms with van der Waals surface area (Å²) in [7, 11) is 0. The number of carbonyl (C=O) groups is 2. The monoisotopic (exact) mass is 503 g/mol. The van der Waals surface area contributed by atoms with E-state index in [4.69, 9.17) is 19.2 Å². The topological polar surface area (TPSA) is 74.2 Å². The predicted molar refractivity (Wildman–Crippen MR) is 125 cm³/mol. The third-order valence-electron chi connectivity index (χ3n) is 6.39. The van der Waals surface area contributed by atoms with Gasteiger partial charge in [0.2, 0.25) is 6.79 Å². The van der Waals surface area contributed by atoms with Crippen molar-refractivity contribution in [3.05, 3.63) is 33.4 Å². The zero-order valence-electron chi connectivity index (χ0n) is 19.1.